The molecule has 4 rings (SSSR count). The fourth-order valence-corrected chi connectivity index (χ4v) is 3.36. The Morgan fingerprint density at radius 1 is 1.21 bits per heavy atom. The molecule has 1 aliphatic rings. The van der Waals surface area contributed by atoms with E-state index >= 15 is 0 Å². The van der Waals surface area contributed by atoms with Crippen molar-refractivity contribution in [3.8, 4) is 5.75 Å². The van der Waals surface area contributed by atoms with E-state index in [1.54, 1.807) is 10.7 Å². The van der Waals surface area contributed by atoms with Crippen molar-refractivity contribution in [3.05, 3.63) is 59.0 Å². The molecule has 7 nitrogen and oxygen atoms in total. The molecule has 0 unspecified atom stereocenters. The highest BCUT2D eigenvalue weighted by atomic mass is 16.5. The first kappa shape index (κ1) is 18.2. The monoisotopic (exact) mass is 378 g/mol. The first-order valence-corrected chi connectivity index (χ1v) is 9.56. The predicted octanol–water partition coefficient (Wildman–Crippen LogP) is 2.97. The Kier molecular flexibility index (Phi) is 5.06. The van der Waals surface area contributed by atoms with E-state index in [1.807, 2.05) is 24.3 Å². The van der Waals surface area contributed by atoms with E-state index < -0.39 is 0 Å². The van der Waals surface area contributed by atoms with Crippen LogP contribution in [0.3, 0.4) is 0 Å². The summed E-state index contributed by atoms with van der Waals surface area (Å²) in [6.07, 6.45) is 6.14. The molecular formula is C21H22N4O3. The van der Waals surface area contributed by atoms with E-state index in [0.717, 1.165) is 36.3 Å². The lowest BCUT2D eigenvalue weighted by Gasteiger charge is -2.15. The molecule has 1 aromatic carbocycles. The van der Waals surface area contributed by atoms with Gasteiger partial charge in [-0.3, -0.25) is 9.59 Å². The van der Waals surface area contributed by atoms with Gasteiger partial charge in [-0.05, 0) is 37.0 Å². The van der Waals surface area contributed by atoms with Gasteiger partial charge in [-0.15, -0.1) is 0 Å². The van der Waals surface area contributed by atoms with Crippen LogP contribution in [0.15, 0.2) is 36.7 Å². The number of nitrogens with zero attached hydrogens (tertiary/aromatic N) is 3. The molecule has 0 saturated carbocycles. The Labute approximate surface area is 162 Å². The van der Waals surface area contributed by atoms with Crippen LogP contribution in [0.2, 0.25) is 0 Å². The molecule has 2 aromatic heterocycles. The molecule has 0 fully saturated rings. The largest absolute Gasteiger partial charge is 0.494 e. The van der Waals surface area contributed by atoms with Gasteiger partial charge in [0.25, 0.3) is 5.91 Å². The first-order valence-electron chi connectivity index (χ1n) is 9.56. The number of Topliss-reactive ketones (excluding diaryl/α,β-unsaturated/α-hetero) is 1. The molecule has 144 valence electrons. The molecule has 7 heteroatoms. The summed E-state index contributed by atoms with van der Waals surface area (Å²) < 4.78 is 7.19. The lowest BCUT2D eigenvalue weighted by Crippen LogP contribution is -2.23. The van der Waals surface area contributed by atoms with Gasteiger partial charge in [0.05, 0.1) is 24.1 Å². The summed E-state index contributed by atoms with van der Waals surface area (Å²) in [7, 11) is 0. The number of carbonyl (C=O) groups is 2. The van der Waals surface area contributed by atoms with E-state index in [1.165, 1.54) is 6.20 Å². The zero-order chi connectivity index (χ0) is 19.5. The molecule has 0 bridgehead atoms. The molecule has 2 heterocycles. The summed E-state index contributed by atoms with van der Waals surface area (Å²) in [4.78, 5) is 29.0. The number of ketones is 1. The molecule has 0 saturated heterocycles. The number of nitrogens with one attached hydrogen (secondary N) is 1. The van der Waals surface area contributed by atoms with Gasteiger partial charge < -0.3 is 10.1 Å². The number of aromatic nitrogens is 3. The van der Waals surface area contributed by atoms with Crippen LogP contribution in [0.5, 0.6) is 5.75 Å². The number of ether oxygens (including phenoxy) is 1. The lowest BCUT2D eigenvalue weighted by atomic mass is 9.96. The summed E-state index contributed by atoms with van der Waals surface area (Å²) >= 11 is 0. The van der Waals surface area contributed by atoms with Crippen molar-refractivity contribution in [3.63, 3.8) is 0 Å². The summed E-state index contributed by atoms with van der Waals surface area (Å²) in [5.41, 5.74) is 3.31. The van der Waals surface area contributed by atoms with Crippen molar-refractivity contribution < 1.29 is 14.3 Å². The van der Waals surface area contributed by atoms with Gasteiger partial charge in [-0.2, -0.15) is 5.10 Å². The SMILES string of the molecule is CCCOc1ccc(CNC(=O)c2cnn3c4c(cnc23)C(=O)CCC4)cc1. The van der Waals surface area contributed by atoms with Gasteiger partial charge in [-0.25, -0.2) is 9.50 Å². The van der Waals surface area contributed by atoms with Gasteiger partial charge >= 0.3 is 0 Å². The van der Waals surface area contributed by atoms with Crippen LogP contribution < -0.4 is 10.1 Å². The molecule has 28 heavy (non-hydrogen) atoms. The van der Waals surface area contributed by atoms with Gasteiger partial charge in [0.15, 0.2) is 11.4 Å². The molecule has 0 atom stereocenters. The van der Waals surface area contributed by atoms with E-state index in [9.17, 15) is 9.59 Å². The third-order valence-electron chi connectivity index (χ3n) is 4.84. The number of amides is 1. The minimum absolute atomic E-state index is 0.0866. The first-order chi connectivity index (χ1) is 13.7. The van der Waals surface area contributed by atoms with Crippen LogP contribution in [0.1, 0.15) is 58.2 Å². The van der Waals surface area contributed by atoms with Gasteiger partial charge in [0.2, 0.25) is 0 Å². The van der Waals surface area contributed by atoms with E-state index in [4.69, 9.17) is 4.74 Å². The molecule has 0 radical (unpaired) electrons. The Morgan fingerprint density at radius 3 is 2.82 bits per heavy atom. The molecule has 1 amide bonds. The smallest absolute Gasteiger partial charge is 0.257 e. The van der Waals surface area contributed by atoms with Crippen LogP contribution in [0, 0.1) is 0 Å². The van der Waals surface area contributed by atoms with E-state index in [2.05, 4.69) is 22.3 Å². The highest BCUT2D eigenvalue weighted by molar-refractivity contribution is 6.01. The van der Waals surface area contributed by atoms with Gasteiger partial charge in [0, 0.05) is 19.2 Å². The number of hydrogen-bond acceptors (Lipinski definition) is 5. The van der Waals surface area contributed by atoms with Crippen molar-refractivity contribution >= 4 is 17.3 Å². The second-order valence-corrected chi connectivity index (χ2v) is 6.86. The molecule has 3 aromatic rings. The van der Waals surface area contributed by atoms with Crippen molar-refractivity contribution in [2.45, 2.75) is 39.2 Å². The fraction of sp³-hybridized carbons (Fsp3) is 0.333. The quantitative estimate of drug-likeness (QED) is 0.713. The third kappa shape index (κ3) is 3.47. The maximum atomic E-state index is 12.6. The number of benzene rings is 1. The van der Waals surface area contributed by atoms with Crippen LogP contribution >= 0.6 is 0 Å². The van der Waals surface area contributed by atoms with Crippen molar-refractivity contribution in [2.75, 3.05) is 6.61 Å². The van der Waals surface area contributed by atoms with Crippen molar-refractivity contribution in [2.24, 2.45) is 0 Å². The summed E-state index contributed by atoms with van der Waals surface area (Å²) in [6, 6.07) is 7.66. The Bertz CT molecular complexity index is 1020. The second-order valence-electron chi connectivity index (χ2n) is 6.86. The minimum Gasteiger partial charge on any atom is -0.494 e. The minimum atomic E-state index is -0.240. The predicted molar refractivity (Wildman–Crippen MR) is 104 cm³/mol. The van der Waals surface area contributed by atoms with Crippen LogP contribution in [-0.4, -0.2) is 32.9 Å². The lowest BCUT2D eigenvalue weighted by molar-refractivity contribution is 0.0950. The zero-order valence-corrected chi connectivity index (χ0v) is 15.8. The fourth-order valence-electron chi connectivity index (χ4n) is 3.36. The summed E-state index contributed by atoms with van der Waals surface area (Å²) in [5, 5.41) is 7.21. The van der Waals surface area contributed by atoms with E-state index in [-0.39, 0.29) is 11.7 Å². The average Bonchev–Trinajstić information content (AvgIpc) is 3.16. The normalized spacial score (nSPS) is 13.4. The Hall–Kier alpha value is -3.22. The Morgan fingerprint density at radius 2 is 2.04 bits per heavy atom. The van der Waals surface area contributed by atoms with Gasteiger partial charge in [-0.1, -0.05) is 19.1 Å². The number of hydrogen-bond donors (Lipinski definition) is 1. The summed E-state index contributed by atoms with van der Waals surface area (Å²) in [5.74, 6) is 0.669. The van der Waals surface area contributed by atoms with Gasteiger partial charge in [0.1, 0.15) is 11.3 Å². The highest BCUT2D eigenvalue weighted by Gasteiger charge is 2.23. The number of carbonyl (C=O) groups excluding carboxylic acids is 2. The zero-order valence-electron chi connectivity index (χ0n) is 15.8. The summed E-state index contributed by atoms with van der Waals surface area (Å²) in [6.45, 7) is 3.15. The number of rotatable bonds is 6. The van der Waals surface area contributed by atoms with Crippen LogP contribution in [0.25, 0.3) is 5.65 Å². The molecule has 0 aliphatic heterocycles. The van der Waals surface area contributed by atoms with E-state index in [0.29, 0.717) is 36.3 Å². The maximum absolute atomic E-state index is 12.6. The highest BCUT2D eigenvalue weighted by Crippen LogP contribution is 2.22. The van der Waals surface area contributed by atoms with Crippen LogP contribution in [-0.2, 0) is 13.0 Å². The van der Waals surface area contributed by atoms with Crippen molar-refractivity contribution in [1.82, 2.24) is 19.9 Å². The standard InChI is InChI=1S/C21H22N4O3/c1-2-10-28-15-8-6-14(7-9-15)11-23-21(27)17-13-24-25-18-4-3-5-19(26)16(18)12-22-20(17)25/h6-9,12-13H,2-5,10-11H2,1H3,(H,23,27). The van der Waals surface area contributed by atoms with Crippen molar-refractivity contribution in [1.29, 1.82) is 0 Å². The number of aryl methyl sites for hydroxylation is 1. The maximum Gasteiger partial charge on any atom is 0.257 e. The Balaban J connectivity index is 1.48. The molecule has 1 N–H and O–H groups in total. The number of fused-ring (bicyclic) bond motifs is 3. The van der Waals surface area contributed by atoms with Crippen LogP contribution in [0.4, 0.5) is 0 Å². The molecule has 1 aliphatic carbocycles. The average molecular weight is 378 g/mol. The third-order valence-corrected chi connectivity index (χ3v) is 4.84. The molecular weight excluding hydrogens is 356 g/mol. The molecule has 0 spiro atoms. The second kappa shape index (κ2) is 7.80. The topological polar surface area (TPSA) is 85.6 Å².